The van der Waals surface area contributed by atoms with Gasteiger partial charge in [-0.15, -0.1) is 0 Å². The Balaban J connectivity index is 1.39. The second-order valence-electron chi connectivity index (χ2n) is 8.38. The molecule has 2 aromatic rings. The van der Waals surface area contributed by atoms with Crippen molar-refractivity contribution in [1.82, 2.24) is 10.2 Å². The van der Waals surface area contributed by atoms with Gasteiger partial charge in [0.1, 0.15) is 18.0 Å². The van der Waals surface area contributed by atoms with E-state index in [4.69, 9.17) is 9.47 Å². The number of carbonyl (C=O) groups excluding carboxylic acids is 3. The number of hydrogen-bond acceptors (Lipinski definition) is 6. The Bertz CT molecular complexity index is 1030. The summed E-state index contributed by atoms with van der Waals surface area (Å²) in [5, 5.41) is 2.89. The number of fused-ring (bicyclic) bond motifs is 1. The van der Waals surface area contributed by atoms with Crippen molar-refractivity contribution in [1.29, 1.82) is 0 Å². The van der Waals surface area contributed by atoms with E-state index in [0.717, 1.165) is 25.2 Å². The van der Waals surface area contributed by atoms with Gasteiger partial charge in [0.05, 0.1) is 5.69 Å². The highest BCUT2D eigenvalue weighted by Gasteiger charge is 2.28. The van der Waals surface area contributed by atoms with Gasteiger partial charge in [-0.3, -0.25) is 19.3 Å². The fourth-order valence-electron chi connectivity index (χ4n) is 4.05. The number of ether oxygens (including phenoxy) is 2. The highest BCUT2D eigenvalue weighted by atomic mass is 16.5. The number of anilines is 1. The summed E-state index contributed by atoms with van der Waals surface area (Å²) in [5.41, 5.74) is 1.85. The standard InChI is InChI=1S/C25H29N3O5/c1-18-5-4-6-20(13-18)32-16-22(29)19-7-8-23-21(14-19)28(25(31)17-33-23)15-24(30)26-9-12-27-10-2-3-11-27/h4-8,13-14H,2-3,9-12,15-17H2,1H3,(H,26,30). The van der Waals surface area contributed by atoms with Gasteiger partial charge in [0, 0.05) is 18.7 Å². The molecule has 4 rings (SSSR count). The molecule has 0 aromatic heterocycles. The van der Waals surface area contributed by atoms with E-state index in [2.05, 4.69) is 10.2 Å². The average Bonchev–Trinajstić information content (AvgIpc) is 3.33. The Hall–Kier alpha value is -3.39. The zero-order valence-electron chi connectivity index (χ0n) is 18.8. The van der Waals surface area contributed by atoms with Crippen LogP contribution in [-0.4, -0.2) is 68.4 Å². The predicted octanol–water partition coefficient (Wildman–Crippen LogP) is 2.19. The fraction of sp³-hybridized carbons (Fsp3) is 0.400. The number of nitrogens with one attached hydrogen (secondary N) is 1. The maximum absolute atomic E-state index is 12.7. The number of amides is 2. The molecule has 1 N–H and O–H groups in total. The number of carbonyl (C=O) groups is 3. The first-order chi connectivity index (χ1) is 16.0. The number of Topliss-reactive ketones (excluding diaryl/α,β-unsaturated/α-hetero) is 1. The second kappa shape index (κ2) is 10.5. The van der Waals surface area contributed by atoms with Crippen LogP contribution in [0.15, 0.2) is 42.5 Å². The van der Waals surface area contributed by atoms with Crippen LogP contribution < -0.4 is 19.7 Å². The molecule has 2 aliphatic rings. The van der Waals surface area contributed by atoms with Crippen LogP contribution in [0.5, 0.6) is 11.5 Å². The van der Waals surface area contributed by atoms with E-state index in [1.54, 1.807) is 24.3 Å². The lowest BCUT2D eigenvalue weighted by atomic mass is 10.1. The minimum Gasteiger partial charge on any atom is -0.485 e. The van der Waals surface area contributed by atoms with Crippen LogP contribution >= 0.6 is 0 Å². The van der Waals surface area contributed by atoms with Gasteiger partial charge in [-0.1, -0.05) is 12.1 Å². The van der Waals surface area contributed by atoms with Crippen molar-refractivity contribution in [3.8, 4) is 11.5 Å². The van der Waals surface area contributed by atoms with Gasteiger partial charge in [0.25, 0.3) is 5.91 Å². The van der Waals surface area contributed by atoms with Crippen molar-refractivity contribution in [2.75, 3.05) is 50.8 Å². The van der Waals surface area contributed by atoms with Crippen molar-refractivity contribution >= 4 is 23.3 Å². The van der Waals surface area contributed by atoms with E-state index >= 15 is 0 Å². The molecule has 1 saturated heterocycles. The molecule has 2 aromatic carbocycles. The van der Waals surface area contributed by atoms with Crippen LogP contribution in [0.4, 0.5) is 5.69 Å². The van der Waals surface area contributed by atoms with Crippen LogP contribution in [0.2, 0.25) is 0 Å². The highest BCUT2D eigenvalue weighted by molar-refractivity contribution is 6.04. The lowest BCUT2D eigenvalue weighted by Gasteiger charge is -2.29. The number of nitrogens with zero attached hydrogens (tertiary/aromatic N) is 2. The summed E-state index contributed by atoms with van der Waals surface area (Å²) in [7, 11) is 0. The smallest absolute Gasteiger partial charge is 0.265 e. The minimum atomic E-state index is -0.321. The Labute approximate surface area is 193 Å². The van der Waals surface area contributed by atoms with E-state index in [0.29, 0.717) is 29.3 Å². The quantitative estimate of drug-likeness (QED) is 0.588. The molecular weight excluding hydrogens is 422 g/mol. The molecule has 8 heteroatoms. The van der Waals surface area contributed by atoms with Gasteiger partial charge in [-0.2, -0.15) is 0 Å². The number of ketones is 1. The number of hydrogen-bond donors (Lipinski definition) is 1. The second-order valence-corrected chi connectivity index (χ2v) is 8.38. The van der Waals surface area contributed by atoms with Crippen molar-refractivity contribution in [3.05, 3.63) is 53.6 Å². The summed E-state index contributed by atoms with van der Waals surface area (Å²) >= 11 is 0. The third-order valence-corrected chi connectivity index (χ3v) is 5.83. The normalized spacial score (nSPS) is 15.7. The van der Waals surface area contributed by atoms with Gasteiger partial charge in [0.2, 0.25) is 5.91 Å². The lowest BCUT2D eigenvalue weighted by Crippen LogP contribution is -2.46. The summed E-state index contributed by atoms with van der Waals surface area (Å²) in [6, 6.07) is 12.4. The molecule has 0 bridgehead atoms. The van der Waals surface area contributed by atoms with Gasteiger partial charge < -0.3 is 19.7 Å². The summed E-state index contributed by atoms with van der Waals surface area (Å²) in [4.78, 5) is 41.4. The Morgan fingerprint density at radius 2 is 1.94 bits per heavy atom. The molecule has 33 heavy (non-hydrogen) atoms. The molecule has 0 radical (unpaired) electrons. The van der Waals surface area contributed by atoms with Gasteiger partial charge >= 0.3 is 0 Å². The van der Waals surface area contributed by atoms with Crippen LogP contribution in [0.3, 0.4) is 0 Å². The largest absolute Gasteiger partial charge is 0.485 e. The van der Waals surface area contributed by atoms with E-state index in [1.165, 1.54) is 17.7 Å². The fourth-order valence-corrected chi connectivity index (χ4v) is 4.05. The number of benzene rings is 2. The van der Waals surface area contributed by atoms with Crippen molar-refractivity contribution in [3.63, 3.8) is 0 Å². The molecule has 0 aliphatic carbocycles. The molecular formula is C25H29N3O5. The SMILES string of the molecule is Cc1cccc(OCC(=O)c2ccc3c(c2)N(CC(=O)NCCN2CCCC2)C(=O)CO3)c1. The number of likely N-dealkylation sites (tertiary alicyclic amines) is 1. The molecule has 0 saturated carbocycles. The highest BCUT2D eigenvalue weighted by Crippen LogP contribution is 2.33. The van der Waals surface area contributed by atoms with Crippen LogP contribution in [0.1, 0.15) is 28.8 Å². The molecule has 2 amide bonds. The first-order valence-corrected chi connectivity index (χ1v) is 11.3. The molecule has 1 fully saturated rings. The Morgan fingerprint density at radius 3 is 2.73 bits per heavy atom. The van der Waals surface area contributed by atoms with Crippen LogP contribution in [0, 0.1) is 6.92 Å². The van der Waals surface area contributed by atoms with Gasteiger partial charge in [-0.05, 0) is 68.8 Å². The molecule has 174 valence electrons. The van der Waals surface area contributed by atoms with E-state index in [9.17, 15) is 14.4 Å². The van der Waals surface area contributed by atoms with Crippen molar-refractivity contribution in [2.45, 2.75) is 19.8 Å². The molecule has 2 aliphatic heterocycles. The number of aryl methyl sites for hydroxylation is 1. The molecule has 2 heterocycles. The van der Waals surface area contributed by atoms with Crippen LogP contribution in [0.25, 0.3) is 0 Å². The Morgan fingerprint density at radius 1 is 1.12 bits per heavy atom. The van der Waals surface area contributed by atoms with Crippen LogP contribution in [-0.2, 0) is 9.59 Å². The van der Waals surface area contributed by atoms with Crippen molar-refractivity contribution < 1.29 is 23.9 Å². The molecule has 0 spiro atoms. The topological polar surface area (TPSA) is 88.2 Å². The monoisotopic (exact) mass is 451 g/mol. The van der Waals surface area contributed by atoms with E-state index in [1.807, 2.05) is 25.1 Å². The summed E-state index contributed by atoms with van der Waals surface area (Å²) in [6.07, 6.45) is 2.40. The summed E-state index contributed by atoms with van der Waals surface area (Å²) in [6.45, 7) is 5.04. The lowest BCUT2D eigenvalue weighted by molar-refractivity contribution is -0.125. The van der Waals surface area contributed by atoms with Crippen molar-refractivity contribution in [2.24, 2.45) is 0 Å². The predicted molar refractivity (Wildman–Crippen MR) is 124 cm³/mol. The maximum atomic E-state index is 12.7. The number of rotatable bonds is 9. The van der Waals surface area contributed by atoms with E-state index in [-0.39, 0.29) is 37.4 Å². The maximum Gasteiger partial charge on any atom is 0.265 e. The summed E-state index contributed by atoms with van der Waals surface area (Å²) in [5.74, 6) is 0.294. The Kier molecular flexibility index (Phi) is 7.24. The third kappa shape index (κ3) is 5.90. The molecule has 8 nitrogen and oxygen atoms in total. The molecule has 0 unspecified atom stereocenters. The first-order valence-electron chi connectivity index (χ1n) is 11.3. The zero-order valence-corrected chi connectivity index (χ0v) is 18.8. The average molecular weight is 452 g/mol. The third-order valence-electron chi connectivity index (χ3n) is 5.83. The van der Waals surface area contributed by atoms with E-state index < -0.39 is 0 Å². The molecule has 0 atom stereocenters. The summed E-state index contributed by atoms with van der Waals surface area (Å²) < 4.78 is 11.1. The zero-order chi connectivity index (χ0) is 23.2. The van der Waals surface area contributed by atoms with Gasteiger partial charge in [-0.25, -0.2) is 0 Å². The first kappa shape index (κ1) is 22.8. The minimum absolute atomic E-state index is 0.118. The van der Waals surface area contributed by atoms with Gasteiger partial charge in [0.15, 0.2) is 19.0 Å².